The van der Waals surface area contributed by atoms with Gasteiger partial charge in [-0.25, -0.2) is 0 Å². The van der Waals surface area contributed by atoms with E-state index in [4.69, 9.17) is 4.18 Å². The summed E-state index contributed by atoms with van der Waals surface area (Å²) in [6, 6.07) is 16.8. The normalized spacial score (nSPS) is 21.9. The average molecular weight is 316 g/mol. The Morgan fingerprint density at radius 3 is 2.32 bits per heavy atom. The Hall–Kier alpha value is -1.65. The van der Waals surface area contributed by atoms with Crippen LogP contribution in [0.3, 0.4) is 0 Å². The topological polar surface area (TPSA) is 43.4 Å². The molecule has 1 fully saturated rings. The van der Waals surface area contributed by atoms with Crippen LogP contribution < -0.4 is 0 Å². The van der Waals surface area contributed by atoms with Gasteiger partial charge in [0.05, 0.1) is 11.0 Å². The standard InChI is InChI=1S/C18H20O3S/c1-14-10-12-16(13-11-14)22(19,20)21-18-9-5-8-17(18)15-6-3-2-4-7-15/h2-4,6-7,10-13,17-18H,5,8-9H2,1H3/t17-,18-/m0/s1. The minimum Gasteiger partial charge on any atom is -0.262 e. The Balaban J connectivity index is 1.81. The predicted octanol–water partition coefficient (Wildman–Crippen LogP) is 4.04. The largest absolute Gasteiger partial charge is 0.297 e. The van der Waals surface area contributed by atoms with Crippen molar-refractivity contribution in [1.82, 2.24) is 0 Å². The molecule has 116 valence electrons. The van der Waals surface area contributed by atoms with Crippen molar-refractivity contribution < 1.29 is 12.6 Å². The summed E-state index contributed by atoms with van der Waals surface area (Å²) in [5, 5.41) is 0. The fourth-order valence-corrected chi connectivity index (χ4v) is 4.18. The highest BCUT2D eigenvalue weighted by molar-refractivity contribution is 7.86. The summed E-state index contributed by atoms with van der Waals surface area (Å²) in [5.41, 5.74) is 2.19. The first kappa shape index (κ1) is 15.3. The third-order valence-electron chi connectivity index (χ3n) is 4.24. The molecule has 4 heteroatoms. The summed E-state index contributed by atoms with van der Waals surface area (Å²) < 4.78 is 30.5. The van der Waals surface area contributed by atoms with Gasteiger partial charge in [-0.2, -0.15) is 8.42 Å². The second-order valence-corrected chi connectivity index (χ2v) is 7.42. The third-order valence-corrected chi connectivity index (χ3v) is 5.59. The van der Waals surface area contributed by atoms with Gasteiger partial charge < -0.3 is 0 Å². The fourth-order valence-electron chi connectivity index (χ4n) is 3.05. The molecule has 3 rings (SSSR count). The van der Waals surface area contributed by atoms with Crippen LogP contribution in [0.2, 0.25) is 0 Å². The first-order valence-electron chi connectivity index (χ1n) is 7.61. The molecular weight excluding hydrogens is 296 g/mol. The molecule has 0 amide bonds. The lowest BCUT2D eigenvalue weighted by molar-refractivity contribution is 0.198. The zero-order valence-corrected chi connectivity index (χ0v) is 13.4. The zero-order valence-electron chi connectivity index (χ0n) is 12.6. The van der Waals surface area contributed by atoms with Gasteiger partial charge >= 0.3 is 0 Å². The summed E-state index contributed by atoms with van der Waals surface area (Å²) in [6.45, 7) is 1.93. The molecule has 0 spiro atoms. The van der Waals surface area contributed by atoms with Gasteiger partial charge in [0, 0.05) is 5.92 Å². The minimum absolute atomic E-state index is 0.154. The van der Waals surface area contributed by atoms with E-state index in [1.807, 2.05) is 37.3 Å². The molecule has 0 heterocycles. The Morgan fingerprint density at radius 2 is 1.64 bits per heavy atom. The van der Waals surface area contributed by atoms with E-state index in [-0.39, 0.29) is 16.9 Å². The summed E-state index contributed by atoms with van der Waals surface area (Å²) in [6.07, 6.45) is 2.48. The van der Waals surface area contributed by atoms with Crippen LogP contribution in [0.1, 0.15) is 36.3 Å². The number of hydrogen-bond donors (Lipinski definition) is 0. The van der Waals surface area contributed by atoms with Gasteiger partial charge in [0.1, 0.15) is 0 Å². The van der Waals surface area contributed by atoms with Crippen LogP contribution in [-0.2, 0) is 14.3 Å². The molecular formula is C18H20O3S. The van der Waals surface area contributed by atoms with Crippen molar-refractivity contribution >= 4 is 10.1 Å². The number of benzene rings is 2. The Labute approximate surface area is 132 Å². The fraction of sp³-hybridized carbons (Fsp3) is 0.333. The van der Waals surface area contributed by atoms with Gasteiger partial charge in [-0.05, 0) is 37.5 Å². The van der Waals surface area contributed by atoms with Crippen LogP contribution in [0.25, 0.3) is 0 Å². The predicted molar refractivity (Wildman–Crippen MR) is 86.3 cm³/mol. The molecule has 2 aromatic rings. The van der Waals surface area contributed by atoms with Gasteiger partial charge in [0.2, 0.25) is 0 Å². The molecule has 1 aliphatic carbocycles. The molecule has 0 N–H and O–H groups in total. The Bertz CT molecular complexity index is 721. The molecule has 2 atom stereocenters. The van der Waals surface area contributed by atoms with Crippen molar-refractivity contribution in [3.8, 4) is 0 Å². The molecule has 0 saturated heterocycles. The highest BCUT2D eigenvalue weighted by atomic mass is 32.2. The Kier molecular flexibility index (Phi) is 4.32. The van der Waals surface area contributed by atoms with E-state index >= 15 is 0 Å². The van der Waals surface area contributed by atoms with E-state index in [2.05, 4.69) is 0 Å². The van der Waals surface area contributed by atoms with Crippen LogP contribution in [0.4, 0.5) is 0 Å². The first-order chi connectivity index (χ1) is 10.6. The molecule has 0 aromatic heterocycles. The molecule has 3 nitrogen and oxygen atoms in total. The first-order valence-corrected chi connectivity index (χ1v) is 9.02. The van der Waals surface area contributed by atoms with Crippen molar-refractivity contribution in [1.29, 1.82) is 0 Å². The van der Waals surface area contributed by atoms with E-state index < -0.39 is 10.1 Å². The summed E-state index contributed by atoms with van der Waals surface area (Å²) in [7, 11) is -3.70. The second-order valence-electron chi connectivity index (χ2n) is 5.85. The zero-order chi connectivity index (χ0) is 15.6. The number of hydrogen-bond acceptors (Lipinski definition) is 3. The van der Waals surface area contributed by atoms with Crippen LogP contribution in [0.5, 0.6) is 0 Å². The van der Waals surface area contributed by atoms with Gasteiger partial charge in [-0.15, -0.1) is 0 Å². The van der Waals surface area contributed by atoms with E-state index in [1.54, 1.807) is 24.3 Å². The van der Waals surface area contributed by atoms with Gasteiger partial charge in [-0.3, -0.25) is 4.18 Å². The highest BCUT2D eigenvalue weighted by Gasteiger charge is 2.33. The maximum absolute atomic E-state index is 12.5. The molecule has 0 aliphatic heterocycles. The van der Waals surface area contributed by atoms with Crippen LogP contribution >= 0.6 is 0 Å². The molecule has 2 aromatic carbocycles. The quantitative estimate of drug-likeness (QED) is 0.800. The van der Waals surface area contributed by atoms with E-state index in [0.717, 1.165) is 30.4 Å². The third kappa shape index (κ3) is 3.23. The minimum atomic E-state index is -3.70. The van der Waals surface area contributed by atoms with Gasteiger partial charge in [0.15, 0.2) is 0 Å². The van der Waals surface area contributed by atoms with E-state index in [0.29, 0.717) is 0 Å². The van der Waals surface area contributed by atoms with Crippen LogP contribution in [0, 0.1) is 6.92 Å². The SMILES string of the molecule is Cc1ccc(S(=O)(=O)O[C@H]2CCC[C@H]2c2ccccc2)cc1. The lowest BCUT2D eigenvalue weighted by Crippen LogP contribution is -2.21. The molecule has 22 heavy (non-hydrogen) atoms. The molecule has 0 radical (unpaired) electrons. The van der Waals surface area contributed by atoms with Crippen LogP contribution in [-0.4, -0.2) is 14.5 Å². The number of aryl methyl sites for hydroxylation is 1. The maximum Gasteiger partial charge on any atom is 0.297 e. The molecule has 1 saturated carbocycles. The molecule has 0 bridgehead atoms. The number of rotatable bonds is 4. The van der Waals surface area contributed by atoms with E-state index in [1.165, 1.54) is 0 Å². The summed E-state index contributed by atoms with van der Waals surface area (Å²) in [5.74, 6) is 0.154. The van der Waals surface area contributed by atoms with Crippen LogP contribution in [0.15, 0.2) is 59.5 Å². The average Bonchev–Trinajstić information content (AvgIpc) is 2.96. The van der Waals surface area contributed by atoms with Crippen molar-refractivity contribution in [2.24, 2.45) is 0 Å². The summed E-state index contributed by atoms with van der Waals surface area (Å²) in [4.78, 5) is 0.233. The van der Waals surface area contributed by atoms with Crippen molar-refractivity contribution in [3.63, 3.8) is 0 Å². The van der Waals surface area contributed by atoms with E-state index in [9.17, 15) is 8.42 Å². The molecule has 0 unspecified atom stereocenters. The highest BCUT2D eigenvalue weighted by Crippen LogP contribution is 2.38. The summed E-state index contributed by atoms with van der Waals surface area (Å²) >= 11 is 0. The lowest BCUT2D eigenvalue weighted by atomic mass is 9.96. The monoisotopic (exact) mass is 316 g/mol. The van der Waals surface area contributed by atoms with Gasteiger partial charge in [-0.1, -0.05) is 54.4 Å². The van der Waals surface area contributed by atoms with Crippen molar-refractivity contribution in [2.75, 3.05) is 0 Å². The molecule has 1 aliphatic rings. The van der Waals surface area contributed by atoms with Crippen molar-refractivity contribution in [2.45, 2.75) is 43.1 Å². The lowest BCUT2D eigenvalue weighted by Gasteiger charge is -2.20. The van der Waals surface area contributed by atoms with Gasteiger partial charge in [0.25, 0.3) is 10.1 Å². The smallest absolute Gasteiger partial charge is 0.262 e. The maximum atomic E-state index is 12.5. The van der Waals surface area contributed by atoms with Crippen molar-refractivity contribution in [3.05, 3.63) is 65.7 Å². The Morgan fingerprint density at radius 1 is 0.955 bits per heavy atom. The second kappa shape index (κ2) is 6.23.